The van der Waals surface area contributed by atoms with Crippen LogP contribution in [0.5, 0.6) is 0 Å². The number of unbranched alkanes of at least 4 members (excludes halogenated alkanes) is 1. The fourth-order valence-electron chi connectivity index (χ4n) is 3.30. The molecule has 1 saturated heterocycles. The molecule has 6 nitrogen and oxygen atoms in total. The fourth-order valence-corrected chi connectivity index (χ4v) is 4.19. The van der Waals surface area contributed by atoms with Gasteiger partial charge >= 0.3 is 0 Å². The summed E-state index contributed by atoms with van der Waals surface area (Å²) in [7, 11) is 0. The van der Waals surface area contributed by atoms with Crippen LogP contribution >= 0.6 is 11.3 Å². The van der Waals surface area contributed by atoms with Gasteiger partial charge in [0.1, 0.15) is 0 Å². The van der Waals surface area contributed by atoms with Gasteiger partial charge in [-0.25, -0.2) is 4.98 Å². The van der Waals surface area contributed by atoms with E-state index in [0.29, 0.717) is 6.54 Å². The zero-order chi connectivity index (χ0) is 17.8. The van der Waals surface area contributed by atoms with E-state index in [4.69, 9.17) is 0 Å². The maximum absolute atomic E-state index is 12.2. The van der Waals surface area contributed by atoms with Crippen LogP contribution in [0, 0.1) is 12.8 Å². The lowest BCUT2D eigenvalue weighted by Crippen LogP contribution is -2.40. The second-order valence-corrected chi connectivity index (χ2v) is 7.61. The minimum absolute atomic E-state index is 0.0102. The molecule has 1 aliphatic rings. The SMILES string of the molecule is CCCCNC(=O)C1CCN(Cc2cc(=O)n3c(C)csc3n2)CC1. The van der Waals surface area contributed by atoms with Crippen molar-refractivity contribution in [1.82, 2.24) is 19.6 Å². The Morgan fingerprint density at radius 3 is 2.88 bits per heavy atom. The first kappa shape index (κ1) is 18.1. The molecule has 1 fully saturated rings. The van der Waals surface area contributed by atoms with E-state index in [2.05, 4.69) is 22.1 Å². The van der Waals surface area contributed by atoms with E-state index < -0.39 is 0 Å². The summed E-state index contributed by atoms with van der Waals surface area (Å²) in [5.74, 6) is 0.314. The van der Waals surface area contributed by atoms with Gasteiger partial charge in [0.2, 0.25) is 5.91 Å². The van der Waals surface area contributed by atoms with Crippen molar-refractivity contribution in [3.8, 4) is 0 Å². The smallest absolute Gasteiger partial charge is 0.259 e. The summed E-state index contributed by atoms with van der Waals surface area (Å²) in [6, 6.07) is 1.64. The molecule has 1 amide bonds. The molecule has 1 aliphatic heterocycles. The summed E-state index contributed by atoms with van der Waals surface area (Å²) < 4.78 is 1.65. The van der Waals surface area contributed by atoms with Crippen LogP contribution < -0.4 is 10.9 Å². The molecule has 0 spiro atoms. The van der Waals surface area contributed by atoms with Crippen molar-refractivity contribution >= 4 is 22.2 Å². The fraction of sp³-hybridized carbons (Fsp3) is 0.611. The summed E-state index contributed by atoms with van der Waals surface area (Å²) in [5.41, 5.74) is 1.74. The molecule has 3 heterocycles. The van der Waals surface area contributed by atoms with E-state index >= 15 is 0 Å². The number of carbonyl (C=O) groups excluding carboxylic acids is 1. The highest BCUT2D eigenvalue weighted by Gasteiger charge is 2.25. The molecule has 0 bridgehead atoms. The molecule has 0 radical (unpaired) electrons. The largest absolute Gasteiger partial charge is 0.356 e. The Morgan fingerprint density at radius 2 is 2.16 bits per heavy atom. The van der Waals surface area contributed by atoms with E-state index in [0.717, 1.165) is 61.7 Å². The molecule has 0 saturated carbocycles. The minimum atomic E-state index is -0.0102. The van der Waals surface area contributed by atoms with Crippen LogP contribution in [0.3, 0.4) is 0 Å². The number of piperidine rings is 1. The van der Waals surface area contributed by atoms with Gasteiger partial charge in [0.15, 0.2) is 4.96 Å². The first-order chi connectivity index (χ1) is 12.1. The van der Waals surface area contributed by atoms with E-state index in [1.54, 1.807) is 10.5 Å². The Labute approximate surface area is 151 Å². The Morgan fingerprint density at radius 1 is 1.40 bits per heavy atom. The number of rotatable bonds is 6. The quantitative estimate of drug-likeness (QED) is 0.800. The normalized spacial score (nSPS) is 16.4. The Bertz CT molecular complexity index is 790. The number of amides is 1. The Hall–Kier alpha value is -1.73. The van der Waals surface area contributed by atoms with Crippen molar-refractivity contribution in [3.05, 3.63) is 33.2 Å². The van der Waals surface area contributed by atoms with E-state index in [1.165, 1.54) is 11.3 Å². The zero-order valence-corrected chi connectivity index (χ0v) is 15.8. The van der Waals surface area contributed by atoms with E-state index in [-0.39, 0.29) is 17.4 Å². The van der Waals surface area contributed by atoms with Crippen LogP contribution in [-0.4, -0.2) is 39.8 Å². The third-order valence-electron chi connectivity index (χ3n) is 4.80. The average molecular weight is 362 g/mol. The molecule has 2 aromatic rings. The maximum atomic E-state index is 12.2. The van der Waals surface area contributed by atoms with Crippen LogP contribution in [0.4, 0.5) is 0 Å². The number of hydrogen-bond acceptors (Lipinski definition) is 5. The monoisotopic (exact) mass is 362 g/mol. The lowest BCUT2D eigenvalue weighted by molar-refractivity contribution is -0.126. The van der Waals surface area contributed by atoms with Gasteiger partial charge in [-0.1, -0.05) is 13.3 Å². The molecular formula is C18H26N4O2S. The summed E-state index contributed by atoms with van der Waals surface area (Å²) in [6.45, 7) is 7.24. The number of likely N-dealkylation sites (tertiary alicyclic amines) is 1. The van der Waals surface area contributed by atoms with Crippen molar-refractivity contribution < 1.29 is 4.79 Å². The van der Waals surface area contributed by atoms with Gasteiger partial charge in [-0.2, -0.15) is 0 Å². The molecule has 1 N–H and O–H groups in total. The molecule has 0 unspecified atom stereocenters. The number of aromatic nitrogens is 2. The van der Waals surface area contributed by atoms with Gasteiger partial charge in [0.05, 0.1) is 5.69 Å². The lowest BCUT2D eigenvalue weighted by Gasteiger charge is -2.30. The first-order valence-electron chi connectivity index (χ1n) is 9.05. The topological polar surface area (TPSA) is 66.7 Å². The van der Waals surface area contributed by atoms with Crippen molar-refractivity contribution in [2.75, 3.05) is 19.6 Å². The van der Waals surface area contributed by atoms with Crippen LogP contribution in [-0.2, 0) is 11.3 Å². The number of nitrogens with one attached hydrogen (secondary N) is 1. The van der Waals surface area contributed by atoms with Gasteiger partial charge < -0.3 is 5.32 Å². The Balaban J connectivity index is 1.56. The van der Waals surface area contributed by atoms with Crippen LogP contribution in [0.15, 0.2) is 16.2 Å². The van der Waals surface area contributed by atoms with Crippen molar-refractivity contribution in [3.63, 3.8) is 0 Å². The number of fused-ring (bicyclic) bond motifs is 1. The maximum Gasteiger partial charge on any atom is 0.259 e. The molecule has 3 rings (SSSR count). The third kappa shape index (κ3) is 4.27. The molecule has 0 aliphatic carbocycles. The molecular weight excluding hydrogens is 336 g/mol. The van der Waals surface area contributed by atoms with Crippen LogP contribution in [0.25, 0.3) is 4.96 Å². The molecule has 2 aromatic heterocycles. The van der Waals surface area contributed by atoms with Gasteiger partial charge in [-0.3, -0.25) is 18.9 Å². The van der Waals surface area contributed by atoms with Crippen molar-refractivity contribution in [1.29, 1.82) is 0 Å². The second-order valence-electron chi connectivity index (χ2n) is 6.78. The van der Waals surface area contributed by atoms with Crippen LogP contribution in [0.2, 0.25) is 0 Å². The molecule has 136 valence electrons. The predicted octanol–water partition coefficient (Wildman–Crippen LogP) is 2.19. The van der Waals surface area contributed by atoms with Gasteiger partial charge in [-0.15, -0.1) is 11.3 Å². The van der Waals surface area contributed by atoms with Crippen molar-refractivity contribution in [2.24, 2.45) is 5.92 Å². The molecule has 0 atom stereocenters. The highest BCUT2D eigenvalue weighted by molar-refractivity contribution is 7.15. The van der Waals surface area contributed by atoms with Gasteiger partial charge in [0.25, 0.3) is 5.56 Å². The summed E-state index contributed by atoms with van der Waals surface area (Å²) in [5, 5.41) is 4.99. The number of nitrogens with zero attached hydrogens (tertiary/aromatic N) is 3. The highest BCUT2D eigenvalue weighted by Crippen LogP contribution is 2.19. The van der Waals surface area contributed by atoms with Gasteiger partial charge in [-0.05, 0) is 39.3 Å². The zero-order valence-electron chi connectivity index (χ0n) is 15.0. The Kier molecular flexibility index (Phi) is 5.86. The second kappa shape index (κ2) is 8.10. The van der Waals surface area contributed by atoms with E-state index in [1.807, 2.05) is 12.3 Å². The summed E-state index contributed by atoms with van der Waals surface area (Å²) >= 11 is 1.50. The average Bonchev–Trinajstić information content (AvgIpc) is 2.97. The number of hydrogen-bond donors (Lipinski definition) is 1. The van der Waals surface area contributed by atoms with Crippen LogP contribution in [0.1, 0.15) is 44.0 Å². The highest BCUT2D eigenvalue weighted by atomic mass is 32.1. The summed E-state index contributed by atoms with van der Waals surface area (Å²) in [6.07, 6.45) is 3.88. The van der Waals surface area contributed by atoms with E-state index in [9.17, 15) is 9.59 Å². The molecule has 7 heteroatoms. The van der Waals surface area contributed by atoms with Crippen molar-refractivity contribution in [2.45, 2.75) is 46.1 Å². The molecule has 0 aromatic carbocycles. The number of aryl methyl sites for hydroxylation is 1. The number of thiazole rings is 1. The predicted molar refractivity (Wildman–Crippen MR) is 100.0 cm³/mol. The third-order valence-corrected chi connectivity index (χ3v) is 5.75. The standard InChI is InChI=1S/C18H26N4O2S/c1-3-4-7-19-17(24)14-5-8-21(9-6-14)11-15-10-16(23)22-13(2)12-25-18(22)20-15/h10,12,14H,3-9,11H2,1-2H3,(H,19,24). The first-order valence-corrected chi connectivity index (χ1v) is 9.93. The van der Waals surface area contributed by atoms with Gasteiger partial charge in [0, 0.05) is 36.1 Å². The molecule has 25 heavy (non-hydrogen) atoms. The summed E-state index contributed by atoms with van der Waals surface area (Å²) in [4.78, 5) is 32.1. The number of carbonyl (C=O) groups is 1. The minimum Gasteiger partial charge on any atom is -0.356 e. The lowest BCUT2D eigenvalue weighted by atomic mass is 9.95.